The van der Waals surface area contributed by atoms with Crippen molar-refractivity contribution in [1.29, 1.82) is 0 Å². The minimum Gasteiger partial charge on any atom is -0.481 e. The van der Waals surface area contributed by atoms with Crippen LogP contribution in [0.25, 0.3) is 0 Å². The van der Waals surface area contributed by atoms with E-state index in [1.165, 1.54) is 21.6 Å². The number of carboxylic acid groups (broad SMARTS) is 3. The fourth-order valence-electron chi connectivity index (χ4n) is 13.9. The van der Waals surface area contributed by atoms with Gasteiger partial charge < -0.3 is 114 Å². The molecule has 6 rings (SSSR count). The molecule has 0 radical (unpaired) electrons. The van der Waals surface area contributed by atoms with E-state index in [1.807, 2.05) is 28.9 Å². The topological polar surface area (TPSA) is 542 Å². The maximum Gasteiger partial charge on any atom is 0.326 e. The van der Waals surface area contributed by atoms with Crippen LogP contribution in [0.5, 0.6) is 0 Å². The van der Waals surface area contributed by atoms with Gasteiger partial charge in [0.2, 0.25) is 70.9 Å². The van der Waals surface area contributed by atoms with Crippen molar-refractivity contribution in [3.8, 4) is 0 Å². The van der Waals surface area contributed by atoms with Crippen LogP contribution < -0.4 is 70.0 Å². The second kappa shape index (κ2) is 55.7. The van der Waals surface area contributed by atoms with Gasteiger partial charge in [0.1, 0.15) is 54.4 Å². The number of fused-ring (bicyclic) bond motifs is 4. The van der Waals surface area contributed by atoms with Gasteiger partial charge in [-0.25, -0.2) is 4.79 Å². The van der Waals surface area contributed by atoms with Gasteiger partial charge in [0.25, 0.3) is 0 Å². The maximum atomic E-state index is 15.2. The lowest BCUT2D eigenvalue weighted by Gasteiger charge is -2.36. The van der Waals surface area contributed by atoms with Crippen LogP contribution in [-0.2, 0) is 104 Å². The van der Waals surface area contributed by atoms with E-state index in [-0.39, 0.29) is 112 Å². The molecule has 2 aromatic carbocycles. The van der Waals surface area contributed by atoms with Crippen molar-refractivity contribution in [1.82, 2.24) is 78.1 Å². The van der Waals surface area contributed by atoms with Crippen LogP contribution >= 0.6 is 23.5 Å². The highest BCUT2D eigenvalue weighted by Gasteiger charge is 2.45. The van der Waals surface area contributed by atoms with Crippen LogP contribution in [0.2, 0.25) is 0 Å². The van der Waals surface area contributed by atoms with Crippen molar-refractivity contribution >= 4 is 112 Å². The summed E-state index contributed by atoms with van der Waals surface area (Å²) in [6.45, 7) is 12.2. The summed E-state index contributed by atoms with van der Waals surface area (Å²) in [6.07, 6.45) is 0.601. The zero-order chi connectivity index (χ0) is 87.1. The summed E-state index contributed by atoms with van der Waals surface area (Å²) in [5, 5.41) is 59.7. The number of amides is 12. The van der Waals surface area contributed by atoms with E-state index >= 15 is 4.79 Å². The number of thioether (sulfide) groups is 2. The number of piperazine rings is 1. The zero-order valence-electron chi connectivity index (χ0n) is 68.9. The van der Waals surface area contributed by atoms with Crippen LogP contribution in [0, 0.1) is 5.92 Å². The normalized spacial score (nSPS) is 20.6. The average molecular weight is 1730 g/mol. The average Bonchev–Trinajstić information content (AvgIpc) is 1.63. The van der Waals surface area contributed by atoms with Gasteiger partial charge in [0, 0.05) is 154 Å². The molecule has 0 spiro atoms. The van der Waals surface area contributed by atoms with Gasteiger partial charge in [-0.15, -0.1) is 0 Å². The molecule has 3 saturated heterocycles. The number of nitrogens with two attached hydrogens (primary N) is 2. The molecule has 0 aliphatic carbocycles. The summed E-state index contributed by atoms with van der Waals surface area (Å²) in [4.78, 5) is 212. The molecule has 4 aliphatic heterocycles. The van der Waals surface area contributed by atoms with E-state index in [9.17, 15) is 82.4 Å². The number of unbranched alkanes of at least 4 members (excludes halogenated alkanes) is 1. The lowest BCUT2D eigenvalue weighted by atomic mass is 10.0. The number of ether oxygens (including phenoxy) is 3. The first-order chi connectivity index (χ1) is 57.8. The van der Waals surface area contributed by atoms with E-state index < -0.39 is 151 Å². The molecule has 12 amide bonds. The van der Waals surface area contributed by atoms with E-state index in [2.05, 4.69) is 58.5 Å². The summed E-state index contributed by atoms with van der Waals surface area (Å²) < 4.78 is 16.9. The number of carbonyl (C=O) groups is 15. The lowest BCUT2D eigenvalue weighted by molar-refractivity contribution is -0.148. The van der Waals surface area contributed by atoms with Crippen LogP contribution in [0.15, 0.2) is 54.6 Å². The standard InChI is InChI=1S/C80H125N17O21S2/c1-3-5-18-58(87-67(99)23-22-66(98)85-27-12-37-116-39-41-118-42-40-117-38-13-28-86-68(100)48-94-33-35-95(36-34-94)77(111)56(46-83-29-25-81)47-84-30-26-82)72(106)93-63-52-120-50-55-17-9-16-54(43-55)49-119-51-62(75(109)91-61(80(114)115)45-70(103)104)92-74(108)60(44-53-14-7-6-8-15-53)90-73(107)59(21-24-69(101)102)89-71(105)57(4-2)88-76(110)64-19-10-31-96(64)79(113)65-20-11-32-97(65)78(63)112/h6-9,14-17,43,56-65,83-84H,3-5,10-13,18-42,44-52,81-82H2,1-2H3,(H,85,98)(H,86,100)(H,87,99)(H,88,110)(H,89,105)(H,90,107)(H,91,109)(H,92,108)(H,93,106)(H,101,102)(H,103,104)(H,114,115)/t57-,58-,59-,60-,61-,62-,63-,64-,65-/m0/s1. The molecule has 18 N–H and O–H groups in total. The number of aliphatic carboxylic acids is 3. The number of carbonyl (C=O) groups excluding carboxylic acids is 12. The van der Waals surface area contributed by atoms with E-state index in [1.54, 1.807) is 49.4 Å². The molecular formula is C80H125N17O21S2. The molecular weight excluding hydrogens is 1600 g/mol. The molecule has 4 heterocycles. The first kappa shape index (κ1) is 99.7. The predicted molar refractivity (Wildman–Crippen MR) is 446 cm³/mol. The van der Waals surface area contributed by atoms with Gasteiger partial charge in [0.05, 0.1) is 45.3 Å². The molecule has 0 aromatic heterocycles. The molecule has 4 aliphatic rings. The first-order valence-electron chi connectivity index (χ1n) is 41.6. The first-order valence-corrected chi connectivity index (χ1v) is 43.9. The monoisotopic (exact) mass is 1720 g/mol. The summed E-state index contributed by atoms with van der Waals surface area (Å²) >= 11 is 2.41. The second-order valence-electron chi connectivity index (χ2n) is 29.9. The maximum absolute atomic E-state index is 15.2. The Morgan fingerprint density at radius 2 is 1.13 bits per heavy atom. The van der Waals surface area contributed by atoms with E-state index in [4.69, 9.17) is 25.7 Å². The van der Waals surface area contributed by atoms with E-state index in [0.29, 0.717) is 161 Å². The summed E-state index contributed by atoms with van der Waals surface area (Å²) in [5.74, 6) is -12.2. The number of nitrogens with zero attached hydrogens (tertiary/aromatic N) is 4. The Kier molecular flexibility index (Phi) is 46.3. The quantitative estimate of drug-likeness (QED) is 0.0305. The Hall–Kier alpha value is -9.13. The summed E-state index contributed by atoms with van der Waals surface area (Å²) in [6, 6.07) is 2.90. The Morgan fingerprint density at radius 1 is 0.567 bits per heavy atom. The minimum atomic E-state index is -1.93. The van der Waals surface area contributed by atoms with Crippen molar-refractivity contribution < 1.29 is 101 Å². The fraction of sp³-hybridized carbons (Fsp3) is 0.662. The van der Waals surface area contributed by atoms with Crippen LogP contribution in [0.4, 0.5) is 0 Å². The molecule has 668 valence electrons. The van der Waals surface area contributed by atoms with Crippen molar-refractivity contribution in [3.63, 3.8) is 0 Å². The van der Waals surface area contributed by atoms with Crippen molar-refractivity contribution in [2.45, 2.75) is 182 Å². The van der Waals surface area contributed by atoms with Gasteiger partial charge in [-0.3, -0.25) is 72.0 Å². The number of carboxylic acids is 3. The Bertz CT molecular complexity index is 3640. The number of hydrogen-bond acceptors (Lipinski definition) is 25. The molecule has 0 unspecified atom stereocenters. The zero-order valence-corrected chi connectivity index (χ0v) is 70.5. The molecule has 120 heavy (non-hydrogen) atoms. The van der Waals surface area contributed by atoms with Crippen LogP contribution in [-0.4, -0.2) is 327 Å². The number of rotatable bonds is 45. The smallest absolute Gasteiger partial charge is 0.326 e. The van der Waals surface area contributed by atoms with E-state index in [0.717, 1.165) is 17.3 Å². The molecule has 2 bridgehead atoms. The molecule has 3 fully saturated rings. The fourth-order valence-corrected chi connectivity index (χ4v) is 15.9. The largest absolute Gasteiger partial charge is 0.481 e. The molecule has 2 aromatic rings. The van der Waals surface area contributed by atoms with Gasteiger partial charge in [-0.1, -0.05) is 81.3 Å². The SMILES string of the molecule is CCCC[C@H](NC(=O)CCC(=O)NCCCOCCOCCOCCCNC(=O)CN1CCN(C(=O)C(CNCCN)CNCCN)CC1)C(=O)N[C@H]1CSCc2cccc(c2)CSC[C@@H](C(=O)N[C@@H](CC(=O)O)C(=O)O)NC(=O)[C@H](Cc2ccccc2)NC(=O)[C@H](CCC(=O)O)NC(=O)[C@H](CC)NC(=O)[C@@H]2CCCN2C(=O)[C@@H]2CCCN2C1=O. The highest BCUT2D eigenvalue weighted by Crippen LogP contribution is 2.28. The highest BCUT2D eigenvalue weighted by atomic mass is 32.2. The predicted octanol–water partition coefficient (Wildman–Crippen LogP) is -2.49. The van der Waals surface area contributed by atoms with Crippen LogP contribution in [0.1, 0.15) is 127 Å². The van der Waals surface area contributed by atoms with Crippen LogP contribution in [0.3, 0.4) is 0 Å². The van der Waals surface area contributed by atoms with Crippen molar-refractivity contribution in [3.05, 3.63) is 71.3 Å². The highest BCUT2D eigenvalue weighted by molar-refractivity contribution is 7.98. The molecule has 9 atom stereocenters. The molecule has 40 heteroatoms. The summed E-state index contributed by atoms with van der Waals surface area (Å²) in [7, 11) is 0. The third-order valence-electron chi connectivity index (χ3n) is 20.5. The molecule has 0 saturated carbocycles. The third kappa shape index (κ3) is 36.3. The molecule has 38 nitrogen and oxygen atoms in total. The second-order valence-corrected chi connectivity index (χ2v) is 31.9. The number of nitrogens with one attached hydrogen (secondary N) is 11. The Morgan fingerprint density at radius 3 is 1.73 bits per heavy atom. The van der Waals surface area contributed by atoms with Crippen molar-refractivity contribution in [2.24, 2.45) is 17.4 Å². The van der Waals surface area contributed by atoms with Gasteiger partial charge in [-0.05, 0) is 74.5 Å². The van der Waals surface area contributed by atoms with Gasteiger partial charge >= 0.3 is 17.9 Å². The Balaban J connectivity index is 1.03. The van der Waals surface area contributed by atoms with Gasteiger partial charge in [0.15, 0.2) is 0 Å². The Labute approximate surface area is 708 Å². The lowest BCUT2D eigenvalue weighted by Crippen LogP contribution is -2.60. The third-order valence-corrected chi connectivity index (χ3v) is 22.7. The number of hydrogen-bond donors (Lipinski definition) is 16. The minimum absolute atomic E-state index is 0.0369. The van der Waals surface area contributed by atoms with Gasteiger partial charge in [-0.2, -0.15) is 23.5 Å². The van der Waals surface area contributed by atoms with Crippen molar-refractivity contribution in [2.75, 3.05) is 149 Å². The number of benzene rings is 2. The summed E-state index contributed by atoms with van der Waals surface area (Å²) in [5.41, 5.74) is 13.2.